The number of fused-ring (bicyclic) bond motifs is 2. The highest BCUT2D eigenvalue weighted by atomic mass is 16.6. The van der Waals surface area contributed by atoms with Crippen LogP contribution in [0.4, 0.5) is 5.69 Å². The van der Waals surface area contributed by atoms with E-state index in [-0.39, 0.29) is 36.4 Å². The van der Waals surface area contributed by atoms with Crippen LogP contribution in [0.15, 0.2) is 45.6 Å². The number of hydrogen-bond donors (Lipinski definition) is 0. The summed E-state index contributed by atoms with van der Waals surface area (Å²) in [6.45, 7) is 0.565. The SMILES string of the molecule is O=C(CCCn1c(=O)oc2cc([N+](=O)[O-])ccc21)OCC(=O)c1ccc2c(c1)OCCO2. The highest BCUT2D eigenvalue weighted by Gasteiger charge is 2.17. The molecule has 0 unspecified atom stereocenters. The molecule has 0 saturated carbocycles. The lowest BCUT2D eigenvalue weighted by Gasteiger charge is -2.18. The number of non-ortho nitro benzene ring substituents is 1. The topological polar surface area (TPSA) is 140 Å². The second kappa shape index (κ2) is 8.92. The Hall–Kier alpha value is -4.15. The Labute approximate surface area is 180 Å². The van der Waals surface area contributed by atoms with Crippen LogP contribution in [0.5, 0.6) is 11.5 Å². The predicted molar refractivity (Wildman–Crippen MR) is 109 cm³/mol. The largest absolute Gasteiger partial charge is 0.486 e. The van der Waals surface area contributed by atoms with Gasteiger partial charge < -0.3 is 18.6 Å². The number of esters is 1. The number of ketones is 1. The van der Waals surface area contributed by atoms with Gasteiger partial charge in [-0.1, -0.05) is 0 Å². The summed E-state index contributed by atoms with van der Waals surface area (Å²) in [4.78, 5) is 46.6. The molecule has 2 aromatic carbocycles. The normalized spacial score (nSPS) is 12.5. The molecule has 0 aliphatic carbocycles. The molecular weight excluding hydrogens is 424 g/mol. The summed E-state index contributed by atoms with van der Waals surface area (Å²) in [5, 5.41) is 10.8. The van der Waals surface area contributed by atoms with E-state index < -0.39 is 23.3 Å². The molecule has 0 spiro atoms. The fourth-order valence-corrected chi connectivity index (χ4v) is 3.28. The Morgan fingerprint density at radius 3 is 2.66 bits per heavy atom. The van der Waals surface area contributed by atoms with E-state index in [2.05, 4.69) is 0 Å². The molecule has 4 rings (SSSR count). The lowest BCUT2D eigenvalue weighted by atomic mass is 10.1. The molecule has 1 aliphatic heterocycles. The molecule has 0 amide bonds. The molecule has 0 radical (unpaired) electrons. The molecule has 0 fully saturated rings. The van der Waals surface area contributed by atoms with E-state index in [1.54, 1.807) is 18.2 Å². The number of nitrogens with zero attached hydrogens (tertiary/aromatic N) is 2. The first-order chi connectivity index (χ1) is 15.4. The number of carbonyl (C=O) groups excluding carboxylic acids is 2. The van der Waals surface area contributed by atoms with Gasteiger partial charge in [0.2, 0.25) is 0 Å². The molecule has 1 aromatic heterocycles. The number of oxazole rings is 1. The smallest absolute Gasteiger partial charge is 0.419 e. The molecule has 1 aliphatic rings. The number of Topliss-reactive ketones (excluding diaryl/α,β-unsaturated/α-hetero) is 1. The van der Waals surface area contributed by atoms with Gasteiger partial charge >= 0.3 is 11.7 Å². The first kappa shape index (κ1) is 21.1. The van der Waals surface area contributed by atoms with Crippen molar-refractivity contribution in [1.82, 2.24) is 4.57 Å². The Bertz CT molecular complexity index is 1260. The number of benzene rings is 2. The minimum atomic E-state index is -0.678. The zero-order chi connectivity index (χ0) is 22.7. The van der Waals surface area contributed by atoms with Crippen LogP contribution >= 0.6 is 0 Å². The van der Waals surface area contributed by atoms with Crippen molar-refractivity contribution >= 4 is 28.5 Å². The molecule has 11 heteroatoms. The number of ether oxygens (including phenoxy) is 3. The number of rotatable bonds is 8. The van der Waals surface area contributed by atoms with Gasteiger partial charge in [0.1, 0.15) is 13.2 Å². The van der Waals surface area contributed by atoms with Crippen molar-refractivity contribution in [2.75, 3.05) is 19.8 Å². The fourth-order valence-electron chi connectivity index (χ4n) is 3.28. The number of aryl methyl sites for hydroxylation is 1. The van der Waals surface area contributed by atoms with Crippen LogP contribution < -0.4 is 15.2 Å². The number of aromatic nitrogens is 1. The quantitative estimate of drug-likeness (QED) is 0.223. The molecule has 0 saturated heterocycles. The Morgan fingerprint density at radius 2 is 1.88 bits per heavy atom. The van der Waals surface area contributed by atoms with E-state index >= 15 is 0 Å². The van der Waals surface area contributed by atoms with Gasteiger partial charge in [0, 0.05) is 24.6 Å². The van der Waals surface area contributed by atoms with Crippen LogP contribution in [0.25, 0.3) is 11.1 Å². The lowest BCUT2D eigenvalue weighted by Crippen LogP contribution is -2.18. The second-order valence-electron chi connectivity index (χ2n) is 6.97. The zero-order valence-corrected chi connectivity index (χ0v) is 16.8. The van der Waals surface area contributed by atoms with Crippen molar-refractivity contribution in [3.8, 4) is 11.5 Å². The summed E-state index contributed by atoms with van der Waals surface area (Å²) in [5.74, 6) is -0.623. The van der Waals surface area contributed by atoms with Gasteiger partial charge in [-0.2, -0.15) is 0 Å². The van der Waals surface area contributed by atoms with Gasteiger partial charge in [0.25, 0.3) is 5.69 Å². The molecule has 166 valence electrons. The van der Waals surface area contributed by atoms with E-state index in [9.17, 15) is 24.5 Å². The summed E-state index contributed by atoms with van der Waals surface area (Å²) < 4.78 is 22.2. The minimum absolute atomic E-state index is 0.0273. The molecule has 0 N–H and O–H groups in total. The monoisotopic (exact) mass is 442 g/mol. The van der Waals surface area contributed by atoms with E-state index in [1.807, 2.05) is 0 Å². The Kier molecular flexibility index (Phi) is 5.88. The number of hydrogen-bond acceptors (Lipinski definition) is 9. The summed E-state index contributed by atoms with van der Waals surface area (Å²) >= 11 is 0. The van der Waals surface area contributed by atoms with Crippen LogP contribution in [0.2, 0.25) is 0 Å². The third-order valence-electron chi connectivity index (χ3n) is 4.85. The fraction of sp³-hybridized carbons (Fsp3) is 0.286. The molecule has 32 heavy (non-hydrogen) atoms. The molecular formula is C21H18N2O9. The maximum Gasteiger partial charge on any atom is 0.419 e. The van der Waals surface area contributed by atoms with Crippen LogP contribution in [0.1, 0.15) is 23.2 Å². The van der Waals surface area contributed by atoms with Crippen LogP contribution in [-0.4, -0.2) is 41.1 Å². The number of carbonyl (C=O) groups is 2. The van der Waals surface area contributed by atoms with Crippen LogP contribution in [0, 0.1) is 10.1 Å². The van der Waals surface area contributed by atoms with Crippen LogP contribution in [0.3, 0.4) is 0 Å². The third-order valence-corrected chi connectivity index (χ3v) is 4.85. The van der Waals surface area contributed by atoms with Crippen molar-refractivity contribution in [3.05, 3.63) is 62.6 Å². The van der Waals surface area contributed by atoms with Crippen molar-refractivity contribution in [2.45, 2.75) is 19.4 Å². The Morgan fingerprint density at radius 1 is 1.09 bits per heavy atom. The predicted octanol–water partition coefficient (Wildman–Crippen LogP) is 2.48. The van der Waals surface area contributed by atoms with E-state index in [4.69, 9.17) is 18.6 Å². The first-order valence-electron chi connectivity index (χ1n) is 9.78. The standard InChI is InChI=1S/C21H18N2O9/c24-16(13-3-6-17-19(10-13)30-9-8-29-17)12-31-20(25)2-1-7-22-15-5-4-14(23(27)28)11-18(15)32-21(22)26/h3-6,10-11H,1-2,7-9,12H2. The highest BCUT2D eigenvalue weighted by Crippen LogP contribution is 2.30. The summed E-state index contributed by atoms with van der Waals surface area (Å²) in [6, 6.07) is 8.61. The summed E-state index contributed by atoms with van der Waals surface area (Å²) in [6.07, 6.45) is 0.225. The third kappa shape index (κ3) is 4.46. The average Bonchev–Trinajstić information content (AvgIpc) is 3.11. The zero-order valence-electron chi connectivity index (χ0n) is 16.8. The van der Waals surface area contributed by atoms with Crippen molar-refractivity contribution in [3.63, 3.8) is 0 Å². The van der Waals surface area contributed by atoms with Gasteiger partial charge in [0.05, 0.1) is 16.5 Å². The van der Waals surface area contributed by atoms with Gasteiger partial charge in [-0.05, 0) is 30.7 Å². The molecule has 0 atom stereocenters. The minimum Gasteiger partial charge on any atom is -0.486 e. The van der Waals surface area contributed by atoms with Crippen molar-refractivity contribution < 1.29 is 33.1 Å². The average molecular weight is 442 g/mol. The van der Waals surface area contributed by atoms with Crippen molar-refractivity contribution in [2.24, 2.45) is 0 Å². The Balaban J connectivity index is 1.29. The van der Waals surface area contributed by atoms with Gasteiger partial charge in [-0.25, -0.2) is 4.79 Å². The summed E-state index contributed by atoms with van der Waals surface area (Å²) in [5.41, 5.74) is 0.636. The summed E-state index contributed by atoms with van der Waals surface area (Å²) in [7, 11) is 0. The van der Waals surface area contributed by atoms with Gasteiger partial charge in [-0.15, -0.1) is 0 Å². The molecule has 0 bridgehead atoms. The maximum absolute atomic E-state index is 12.3. The lowest BCUT2D eigenvalue weighted by molar-refractivity contribution is -0.384. The van der Waals surface area contributed by atoms with Gasteiger partial charge in [0.15, 0.2) is 29.5 Å². The number of nitro benzene ring substituents is 1. The van der Waals surface area contributed by atoms with E-state index in [1.165, 1.54) is 22.8 Å². The molecule has 3 aromatic rings. The number of nitro groups is 1. The van der Waals surface area contributed by atoms with Crippen molar-refractivity contribution in [1.29, 1.82) is 0 Å². The van der Waals surface area contributed by atoms with Gasteiger partial charge in [-0.3, -0.25) is 24.3 Å². The van der Waals surface area contributed by atoms with Crippen LogP contribution in [-0.2, 0) is 16.1 Å². The second-order valence-corrected chi connectivity index (χ2v) is 6.97. The maximum atomic E-state index is 12.3. The first-order valence-corrected chi connectivity index (χ1v) is 9.78. The highest BCUT2D eigenvalue weighted by molar-refractivity contribution is 5.98. The molecule has 2 heterocycles. The molecule has 11 nitrogen and oxygen atoms in total. The van der Waals surface area contributed by atoms with E-state index in [0.29, 0.717) is 35.8 Å². The van der Waals surface area contributed by atoms with E-state index in [0.717, 1.165) is 0 Å².